The number of fused-ring (bicyclic) bond motifs is 11. The van der Waals surface area contributed by atoms with Gasteiger partial charge in [0, 0.05) is 22.3 Å². The van der Waals surface area contributed by atoms with Gasteiger partial charge in [-0.3, -0.25) is 0 Å². The Morgan fingerprint density at radius 1 is 0.261 bits per heavy atom. The van der Waals surface area contributed by atoms with E-state index in [9.17, 15) is 0 Å². The maximum absolute atomic E-state index is 5.87. The molecule has 0 atom stereocenters. The Morgan fingerprint density at radius 2 is 0.522 bits per heavy atom. The molecule has 0 radical (unpaired) electrons. The summed E-state index contributed by atoms with van der Waals surface area (Å²) in [4.78, 5) is 0. The van der Waals surface area contributed by atoms with Crippen LogP contribution in [0.4, 0.5) is 0 Å². The van der Waals surface area contributed by atoms with Gasteiger partial charge in [-0.05, 0) is 127 Å². The second kappa shape index (κ2) is 9.62. The molecule has 0 saturated carbocycles. The van der Waals surface area contributed by atoms with Gasteiger partial charge in [0.15, 0.2) is 0 Å². The highest BCUT2D eigenvalue weighted by atomic mass is 16.3. The van der Waals surface area contributed by atoms with E-state index in [0.29, 0.717) is 0 Å². The summed E-state index contributed by atoms with van der Waals surface area (Å²) in [7, 11) is 0. The first-order valence-electron chi connectivity index (χ1n) is 15.3. The smallest absolute Gasteiger partial charge is 0.133 e. The van der Waals surface area contributed by atoms with Crippen molar-refractivity contribution >= 4 is 53.9 Å². The van der Waals surface area contributed by atoms with Crippen LogP contribution in [0.25, 0.3) is 99.2 Å². The molecule has 4 nitrogen and oxygen atoms in total. The van der Waals surface area contributed by atoms with Gasteiger partial charge in [0.2, 0.25) is 0 Å². The van der Waals surface area contributed by atoms with Crippen molar-refractivity contribution in [3.05, 3.63) is 146 Å². The van der Waals surface area contributed by atoms with Crippen molar-refractivity contribution in [1.82, 2.24) is 0 Å². The summed E-state index contributed by atoms with van der Waals surface area (Å²) in [5.74, 6) is 3.35. The lowest BCUT2D eigenvalue weighted by Gasteiger charge is -2.18. The average Bonchev–Trinajstić information content (AvgIpc) is 3.95. The number of hydrogen-bond acceptors (Lipinski definition) is 4. The minimum Gasteiger partial charge on any atom is -0.464 e. The van der Waals surface area contributed by atoms with Crippen LogP contribution in [0.5, 0.6) is 0 Å². The number of benzene rings is 6. The lowest BCUT2D eigenvalue weighted by Crippen LogP contribution is -1.91. The van der Waals surface area contributed by atoms with Crippen molar-refractivity contribution in [2.24, 2.45) is 0 Å². The third kappa shape index (κ3) is 3.67. The van der Waals surface area contributed by atoms with Gasteiger partial charge < -0.3 is 17.7 Å². The van der Waals surface area contributed by atoms with E-state index in [1.165, 1.54) is 32.3 Å². The molecule has 0 aliphatic carbocycles. The van der Waals surface area contributed by atoms with Crippen molar-refractivity contribution < 1.29 is 17.7 Å². The van der Waals surface area contributed by atoms with Crippen molar-refractivity contribution in [2.75, 3.05) is 0 Å². The average molecular weight is 593 g/mol. The summed E-state index contributed by atoms with van der Waals surface area (Å²) in [5, 5.41) is 11.7. The molecule has 4 heteroatoms. The molecular formula is C42H24O4. The Hall–Kier alpha value is -6.26. The van der Waals surface area contributed by atoms with E-state index in [4.69, 9.17) is 17.7 Å². The highest BCUT2D eigenvalue weighted by Crippen LogP contribution is 2.47. The summed E-state index contributed by atoms with van der Waals surface area (Å²) in [6.45, 7) is 0. The summed E-state index contributed by atoms with van der Waals surface area (Å²) in [6.07, 6.45) is 6.90. The molecule has 216 valence electrons. The number of furan rings is 4. The van der Waals surface area contributed by atoms with Crippen molar-refractivity contribution in [2.45, 2.75) is 0 Å². The van der Waals surface area contributed by atoms with Crippen LogP contribution in [0.15, 0.2) is 164 Å². The molecule has 0 aliphatic heterocycles. The van der Waals surface area contributed by atoms with Gasteiger partial charge in [0.1, 0.15) is 23.0 Å². The molecule has 0 spiro atoms. The number of hydrogen-bond donors (Lipinski definition) is 0. The summed E-state index contributed by atoms with van der Waals surface area (Å²) < 4.78 is 23.5. The molecule has 4 heterocycles. The van der Waals surface area contributed by atoms with Crippen LogP contribution in [0.3, 0.4) is 0 Å². The van der Waals surface area contributed by atoms with Gasteiger partial charge in [-0.15, -0.1) is 0 Å². The Labute approximate surface area is 262 Å². The zero-order valence-corrected chi connectivity index (χ0v) is 24.5. The first kappa shape index (κ1) is 25.1. The van der Waals surface area contributed by atoms with E-state index in [-0.39, 0.29) is 0 Å². The van der Waals surface area contributed by atoms with Crippen LogP contribution in [0.2, 0.25) is 0 Å². The molecule has 0 aliphatic rings. The van der Waals surface area contributed by atoms with Crippen LogP contribution in [-0.2, 0) is 0 Å². The quantitative estimate of drug-likeness (QED) is 0.191. The van der Waals surface area contributed by atoms with Crippen molar-refractivity contribution in [3.63, 3.8) is 0 Å². The van der Waals surface area contributed by atoms with E-state index >= 15 is 0 Å². The molecule has 0 unspecified atom stereocenters. The fourth-order valence-corrected chi connectivity index (χ4v) is 7.16. The fourth-order valence-electron chi connectivity index (χ4n) is 7.16. The van der Waals surface area contributed by atoms with E-state index in [0.717, 1.165) is 66.8 Å². The highest BCUT2D eigenvalue weighted by Gasteiger charge is 2.19. The first-order valence-corrected chi connectivity index (χ1v) is 15.3. The summed E-state index contributed by atoms with van der Waals surface area (Å²) in [6, 6.07) is 42.4. The van der Waals surface area contributed by atoms with Gasteiger partial charge >= 0.3 is 0 Å². The molecule has 0 fully saturated rings. The largest absolute Gasteiger partial charge is 0.464 e. The van der Waals surface area contributed by atoms with Gasteiger partial charge in [-0.2, -0.15) is 0 Å². The van der Waals surface area contributed by atoms with Gasteiger partial charge in [0.05, 0.1) is 25.1 Å². The minimum atomic E-state index is 0.838. The summed E-state index contributed by atoms with van der Waals surface area (Å²) >= 11 is 0. The SMILES string of the molecule is c1coc(-c2ccc3c4ccc(-c5ccco5)cc4c4c5cc(-c6ccco6)ccc5c5ccc(-c6ccco6)cc5c4c3c2)c1. The predicted molar refractivity (Wildman–Crippen MR) is 185 cm³/mol. The highest BCUT2D eigenvalue weighted by molar-refractivity contribution is 6.40. The third-order valence-electron chi connectivity index (χ3n) is 9.21. The molecular weight excluding hydrogens is 568 g/mol. The van der Waals surface area contributed by atoms with Crippen molar-refractivity contribution in [1.29, 1.82) is 0 Å². The van der Waals surface area contributed by atoms with Gasteiger partial charge in [-0.1, -0.05) is 48.5 Å². The fraction of sp³-hybridized carbons (Fsp3) is 0. The zero-order valence-electron chi connectivity index (χ0n) is 24.5. The molecule has 4 aromatic heterocycles. The zero-order chi connectivity index (χ0) is 30.2. The molecule has 0 amide bonds. The molecule has 0 bridgehead atoms. The first-order chi connectivity index (χ1) is 22.8. The van der Waals surface area contributed by atoms with E-state index < -0.39 is 0 Å². The maximum Gasteiger partial charge on any atom is 0.133 e. The Balaban J connectivity index is 1.46. The van der Waals surface area contributed by atoms with Crippen molar-refractivity contribution in [3.8, 4) is 45.3 Å². The van der Waals surface area contributed by atoms with E-state index in [2.05, 4.69) is 72.8 Å². The lowest BCUT2D eigenvalue weighted by molar-refractivity contribution is 0.582. The molecule has 10 rings (SSSR count). The standard InChI is InChI=1S/C42H24O4/c1-5-37(43-17-1)25-9-13-29-30-14-10-27(39-7-3-19-45-39)23-35(30)42-36-24-28(40-8-4-20-46-40)12-16-32(36)31-15-11-26(38-6-2-18-44-38)22-34(31)41(42)33(29)21-25/h1-24H. The van der Waals surface area contributed by atoms with Crippen LogP contribution >= 0.6 is 0 Å². The Bertz CT molecular complexity index is 2330. The Kier molecular flexibility index (Phi) is 5.25. The van der Waals surface area contributed by atoms with Crippen LogP contribution in [0, 0.1) is 0 Å². The second-order valence-corrected chi connectivity index (χ2v) is 11.7. The second-order valence-electron chi connectivity index (χ2n) is 11.7. The predicted octanol–water partition coefficient (Wildman–Crippen LogP) is 12.5. The molecule has 6 aromatic carbocycles. The monoisotopic (exact) mass is 592 g/mol. The topological polar surface area (TPSA) is 52.6 Å². The maximum atomic E-state index is 5.87. The third-order valence-corrected chi connectivity index (χ3v) is 9.21. The van der Waals surface area contributed by atoms with Crippen LogP contribution in [0.1, 0.15) is 0 Å². The van der Waals surface area contributed by atoms with E-state index in [1.807, 2.05) is 48.5 Å². The van der Waals surface area contributed by atoms with Crippen LogP contribution in [-0.4, -0.2) is 0 Å². The molecule has 0 saturated heterocycles. The number of rotatable bonds is 4. The lowest BCUT2D eigenvalue weighted by atomic mass is 9.85. The Morgan fingerprint density at radius 3 is 0.739 bits per heavy atom. The summed E-state index contributed by atoms with van der Waals surface area (Å²) in [5.41, 5.74) is 4.13. The van der Waals surface area contributed by atoms with Gasteiger partial charge in [-0.25, -0.2) is 0 Å². The molecule has 46 heavy (non-hydrogen) atoms. The van der Waals surface area contributed by atoms with E-state index in [1.54, 1.807) is 25.1 Å². The normalized spacial score (nSPS) is 11.9. The molecule has 0 N–H and O–H groups in total. The molecule has 10 aromatic rings. The minimum absolute atomic E-state index is 0.838. The van der Waals surface area contributed by atoms with Crippen LogP contribution < -0.4 is 0 Å². The van der Waals surface area contributed by atoms with Gasteiger partial charge in [0.25, 0.3) is 0 Å².